The van der Waals surface area contributed by atoms with Crippen molar-refractivity contribution >= 4 is 23.8 Å². The van der Waals surface area contributed by atoms with E-state index in [1.165, 1.54) is 167 Å². The number of aliphatic carboxylic acids is 3. The van der Waals surface area contributed by atoms with Crippen LogP contribution in [0.25, 0.3) is 0 Å². The summed E-state index contributed by atoms with van der Waals surface area (Å²) >= 11 is 0. The van der Waals surface area contributed by atoms with Gasteiger partial charge >= 0.3 is 17.9 Å². The van der Waals surface area contributed by atoms with E-state index in [1.54, 1.807) is 0 Å². The van der Waals surface area contributed by atoms with E-state index in [4.69, 9.17) is 24.4 Å². The Hall–Kier alpha value is -4.04. The van der Waals surface area contributed by atoms with Gasteiger partial charge in [-0.25, -0.2) is 0 Å². The summed E-state index contributed by atoms with van der Waals surface area (Å²) < 4.78 is 18.0. The zero-order valence-electron chi connectivity index (χ0n) is 48.9. The van der Waals surface area contributed by atoms with Gasteiger partial charge in [0.2, 0.25) is 5.91 Å². The number of carbonyl (C=O) groups is 4. The number of hydrogen-bond acceptors (Lipinski definition) is 8. The number of unbranched alkanes of at least 4 members (excludes halogenated alkanes) is 35. The molecule has 0 heterocycles. The SMILES string of the molecule is CCCCCCCCCCCCC#CC#CCCCCCCCCCOCC(COCCCCCCCCCC#CC#CCCCCCCCCCCCC)OCC(=O)NCCCCC(C(=O)O)N(CC(=O)O)CC(=O)O. The zero-order chi connectivity index (χ0) is 56.2. The normalized spacial score (nSPS) is 11.2. The van der Waals surface area contributed by atoms with Gasteiger partial charge in [-0.05, 0) is 81.5 Å². The summed E-state index contributed by atoms with van der Waals surface area (Å²) in [5, 5.41) is 30.7. The van der Waals surface area contributed by atoms with E-state index in [1.807, 2.05) is 0 Å². The van der Waals surface area contributed by atoms with Gasteiger partial charge in [-0.3, -0.25) is 24.1 Å². The highest BCUT2D eigenvalue weighted by Gasteiger charge is 2.28. The van der Waals surface area contributed by atoms with Gasteiger partial charge in [0.15, 0.2) is 0 Å². The predicted octanol–water partition coefficient (Wildman–Crippen LogP) is 14.5. The summed E-state index contributed by atoms with van der Waals surface area (Å²) in [5.41, 5.74) is 0. The van der Waals surface area contributed by atoms with Crippen molar-refractivity contribution in [2.45, 2.75) is 289 Å². The fourth-order valence-electron chi connectivity index (χ4n) is 9.03. The highest BCUT2D eigenvalue weighted by atomic mass is 16.6. The van der Waals surface area contributed by atoms with Crippen LogP contribution in [0.2, 0.25) is 0 Å². The summed E-state index contributed by atoms with van der Waals surface area (Å²) in [6, 6.07) is -1.27. The van der Waals surface area contributed by atoms with E-state index in [9.17, 15) is 24.3 Å². The summed E-state index contributed by atoms with van der Waals surface area (Å²) in [5.74, 6) is 20.8. The van der Waals surface area contributed by atoms with Gasteiger partial charge in [-0.2, -0.15) is 0 Å². The second-order valence-electron chi connectivity index (χ2n) is 21.0. The lowest BCUT2D eigenvalue weighted by molar-refractivity contribution is -0.149. The molecule has 0 spiro atoms. The van der Waals surface area contributed by atoms with Crippen molar-refractivity contribution in [2.75, 3.05) is 52.7 Å². The molecule has 12 nitrogen and oxygen atoms in total. The van der Waals surface area contributed by atoms with E-state index >= 15 is 0 Å². The molecule has 0 rings (SSSR count). The molecule has 4 N–H and O–H groups in total. The maximum absolute atomic E-state index is 12.7. The third-order valence-electron chi connectivity index (χ3n) is 13.7. The van der Waals surface area contributed by atoms with Crippen molar-refractivity contribution in [3.05, 3.63) is 0 Å². The van der Waals surface area contributed by atoms with Crippen molar-refractivity contribution in [1.82, 2.24) is 10.2 Å². The van der Waals surface area contributed by atoms with Gasteiger partial charge in [0.1, 0.15) is 18.8 Å². The van der Waals surface area contributed by atoms with Crippen LogP contribution in [0.4, 0.5) is 0 Å². The van der Waals surface area contributed by atoms with Crippen LogP contribution < -0.4 is 5.32 Å². The average molecular weight is 1080 g/mol. The van der Waals surface area contributed by atoms with Crippen molar-refractivity contribution < 1.29 is 48.7 Å². The minimum absolute atomic E-state index is 0.0379. The Bertz CT molecular complexity index is 1580. The Morgan fingerprint density at radius 2 is 0.753 bits per heavy atom. The lowest BCUT2D eigenvalue weighted by atomic mass is 10.1. The van der Waals surface area contributed by atoms with Gasteiger partial charge in [-0.1, -0.05) is 217 Å². The molecule has 0 saturated heterocycles. The number of rotatable bonds is 56. The fourth-order valence-corrected chi connectivity index (χ4v) is 9.03. The Morgan fingerprint density at radius 1 is 0.429 bits per heavy atom. The van der Waals surface area contributed by atoms with E-state index in [0.717, 1.165) is 81.9 Å². The molecule has 1 amide bonds. The standard InChI is InChI=1S/C65H110N2O10/c1-3-5-7-9-11-13-15-17-19-21-23-25-27-29-31-33-35-37-39-41-43-45-49-53-75-57-60(77-59-62(68)66-52-48-47-51-61(65(73)74)67(55-63(69)70)56-64(71)72)58-76-54-50-46-44-42-40-38-36-34-32-30-28-26-24-22-20-18-16-14-12-10-8-6-4-2/h60-61H,3-24,33-59H2,1-2H3,(H,66,68)(H,69,70)(H,71,72)(H,73,74). The second kappa shape index (κ2) is 59.6. The average Bonchev–Trinajstić information content (AvgIpc) is 3.40. The van der Waals surface area contributed by atoms with E-state index in [2.05, 4.69) is 66.5 Å². The first kappa shape index (κ1) is 73.0. The van der Waals surface area contributed by atoms with Crippen LogP contribution in [0.3, 0.4) is 0 Å². The molecule has 0 aliphatic heterocycles. The molecule has 0 aromatic carbocycles. The molecule has 0 aromatic heterocycles. The first-order valence-corrected chi connectivity index (χ1v) is 31.1. The van der Waals surface area contributed by atoms with Crippen LogP contribution in [0.5, 0.6) is 0 Å². The van der Waals surface area contributed by atoms with Gasteiger partial charge in [0.25, 0.3) is 0 Å². The molecule has 0 aromatic rings. The number of carbonyl (C=O) groups excluding carboxylic acids is 1. The number of ether oxygens (including phenoxy) is 3. The Balaban J connectivity index is 4.45. The number of carboxylic acids is 3. The van der Waals surface area contributed by atoms with Gasteiger partial charge in [-0.15, -0.1) is 0 Å². The molecule has 0 saturated carbocycles. The van der Waals surface area contributed by atoms with E-state index < -0.39 is 43.1 Å². The molecule has 77 heavy (non-hydrogen) atoms. The minimum Gasteiger partial charge on any atom is -0.480 e. The number of nitrogens with one attached hydrogen (secondary N) is 1. The maximum atomic E-state index is 12.7. The van der Waals surface area contributed by atoms with Crippen LogP contribution >= 0.6 is 0 Å². The highest BCUT2D eigenvalue weighted by molar-refractivity contribution is 5.78. The zero-order valence-corrected chi connectivity index (χ0v) is 48.9. The van der Waals surface area contributed by atoms with Crippen molar-refractivity contribution in [1.29, 1.82) is 0 Å². The lowest BCUT2D eigenvalue weighted by Crippen LogP contribution is -2.46. The summed E-state index contributed by atoms with van der Waals surface area (Å²) in [4.78, 5) is 47.9. The van der Waals surface area contributed by atoms with Crippen molar-refractivity contribution in [3.8, 4) is 47.4 Å². The maximum Gasteiger partial charge on any atom is 0.320 e. The molecule has 0 bridgehead atoms. The fraction of sp³-hybridized carbons (Fsp3) is 0.815. The molecule has 1 atom stereocenters. The smallest absolute Gasteiger partial charge is 0.320 e. The monoisotopic (exact) mass is 1080 g/mol. The van der Waals surface area contributed by atoms with Crippen LogP contribution in [0.15, 0.2) is 0 Å². The molecule has 0 aliphatic carbocycles. The lowest BCUT2D eigenvalue weighted by Gasteiger charge is -2.25. The quantitative estimate of drug-likeness (QED) is 0.0337. The summed E-state index contributed by atoms with van der Waals surface area (Å²) in [6.45, 7) is 5.05. The van der Waals surface area contributed by atoms with Gasteiger partial charge < -0.3 is 34.8 Å². The molecule has 1 unspecified atom stereocenters. The van der Waals surface area contributed by atoms with Gasteiger partial charge in [0, 0.05) is 45.4 Å². The van der Waals surface area contributed by atoms with Crippen LogP contribution in [-0.2, 0) is 33.4 Å². The topological polar surface area (TPSA) is 172 Å². The third-order valence-corrected chi connectivity index (χ3v) is 13.7. The largest absolute Gasteiger partial charge is 0.480 e. The molecular weight excluding hydrogens is 969 g/mol. The number of amides is 1. The predicted molar refractivity (Wildman–Crippen MR) is 314 cm³/mol. The van der Waals surface area contributed by atoms with Crippen LogP contribution in [-0.4, -0.2) is 109 Å². The van der Waals surface area contributed by atoms with Gasteiger partial charge in [0.05, 0.1) is 26.3 Å². The van der Waals surface area contributed by atoms with E-state index in [-0.39, 0.29) is 25.5 Å². The molecule has 0 aliphatic rings. The molecular formula is C65H110N2O10. The number of nitrogens with zero attached hydrogens (tertiary/aromatic N) is 1. The second-order valence-corrected chi connectivity index (χ2v) is 21.0. The van der Waals surface area contributed by atoms with E-state index in [0.29, 0.717) is 39.3 Å². The Kier molecular flexibility index (Phi) is 56.5. The highest BCUT2D eigenvalue weighted by Crippen LogP contribution is 2.15. The number of hydrogen-bond donors (Lipinski definition) is 4. The first-order chi connectivity index (χ1) is 37.7. The molecule has 0 fully saturated rings. The first-order valence-electron chi connectivity index (χ1n) is 31.1. The molecule has 440 valence electrons. The molecule has 0 radical (unpaired) electrons. The third kappa shape index (κ3) is 56.5. The van der Waals surface area contributed by atoms with Crippen LogP contribution in [0.1, 0.15) is 277 Å². The number of carboxylic acid groups (broad SMARTS) is 3. The minimum atomic E-state index is -1.31. The Labute approximate surface area is 470 Å². The summed E-state index contributed by atoms with van der Waals surface area (Å²) in [7, 11) is 0. The van der Waals surface area contributed by atoms with Crippen molar-refractivity contribution in [2.24, 2.45) is 0 Å². The molecule has 12 heteroatoms. The summed E-state index contributed by atoms with van der Waals surface area (Å²) in [6.07, 6.45) is 46.7. The Morgan fingerprint density at radius 3 is 1.08 bits per heavy atom. The van der Waals surface area contributed by atoms with Crippen molar-refractivity contribution in [3.63, 3.8) is 0 Å². The van der Waals surface area contributed by atoms with Crippen LogP contribution in [0, 0.1) is 47.4 Å².